The van der Waals surface area contributed by atoms with Crippen LogP contribution >= 0.6 is 0 Å². The van der Waals surface area contributed by atoms with Crippen molar-refractivity contribution in [2.45, 2.75) is 64.3 Å². The quantitative estimate of drug-likeness (QED) is 0.837. The molecule has 9 heteroatoms. The number of aryl methyl sites for hydroxylation is 1. The van der Waals surface area contributed by atoms with Crippen LogP contribution in [-0.4, -0.2) is 55.2 Å². The molecule has 2 aromatic heterocycles. The van der Waals surface area contributed by atoms with Crippen LogP contribution in [0.15, 0.2) is 11.1 Å². The van der Waals surface area contributed by atoms with Gasteiger partial charge in [-0.15, -0.1) is 0 Å². The molecule has 138 valence electrons. The summed E-state index contributed by atoms with van der Waals surface area (Å²) in [5.74, 6) is 0.387. The van der Waals surface area contributed by atoms with E-state index in [1.54, 1.807) is 13.8 Å². The molecule has 4 atom stereocenters. The second-order valence-electron chi connectivity index (χ2n) is 6.61. The summed E-state index contributed by atoms with van der Waals surface area (Å²) in [6.07, 6.45) is -2.05. The van der Waals surface area contributed by atoms with E-state index >= 15 is 4.39 Å². The maximum atomic E-state index is 15.6. The van der Waals surface area contributed by atoms with Crippen LogP contribution in [0.5, 0.6) is 0 Å². The fourth-order valence-corrected chi connectivity index (χ4v) is 3.11. The topological polar surface area (TPSA) is 102 Å². The third-order valence-electron chi connectivity index (χ3n) is 4.50. The van der Waals surface area contributed by atoms with Gasteiger partial charge in [0.05, 0.1) is 19.0 Å². The number of alkyl halides is 1. The van der Waals surface area contributed by atoms with E-state index in [0.29, 0.717) is 5.82 Å². The molecule has 0 amide bonds. The standard InChI is InChI=1S/C16H23FN4O4/c1-5-16(17)12(22)10(6-24-8(2)3)25-15(16)21-7-18-11-13(21)19-9(4)20-14(11)23/h7-8,10,12,15,22H,5-6H2,1-4H3,(H,19,20,23)/t10-,12-,15-,16-/m1/s1. The number of aliphatic hydroxyl groups is 1. The van der Waals surface area contributed by atoms with Crippen molar-refractivity contribution < 1.29 is 19.0 Å². The Bertz CT molecular complexity index is 820. The molecule has 0 saturated carbocycles. The van der Waals surface area contributed by atoms with Crippen molar-refractivity contribution in [2.75, 3.05) is 6.61 Å². The fraction of sp³-hybridized carbons (Fsp3) is 0.688. The van der Waals surface area contributed by atoms with Gasteiger partial charge < -0.3 is 19.6 Å². The molecule has 2 aromatic rings. The smallest absolute Gasteiger partial charge is 0.279 e. The summed E-state index contributed by atoms with van der Waals surface area (Å²) in [4.78, 5) is 22.8. The van der Waals surface area contributed by atoms with Crippen LogP contribution in [0.3, 0.4) is 0 Å². The molecule has 2 N–H and O–H groups in total. The average Bonchev–Trinajstić information content (AvgIpc) is 3.06. The van der Waals surface area contributed by atoms with Crippen molar-refractivity contribution in [3.63, 3.8) is 0 Å². The largest absolute Gasteiger partial charge is 0.387 e. The molecule has 1 fully saturated rings. The number of aromatic nitrogens is 4. The molecule has 0 unspecified atom stereocenters. The first-order valence-electron chi connectivity index (χ1n) is 8.35. The number of halogens is 1. The molecule has 0 radical (unpaired) electrons. The maximum absolute atomic E-state index is 15.6. The van der Waals surface area contributed by atoms with Crippen LogP contribution < -0.4 is 5.56 Å². The zero-order chi connectivity index (χ0) is 18.4. The van der Waals surface area contributed by atoms with Crippen LogP contribution in [0.1, 0.15) is 39.2 Å². The van der Waals surface area contributed by atoms with Crippen molar-refractivity contribution in [2.24, 2.45) is 0 Å². The molecular weight excluding hydrogens is 331 g/mol. The fourth-order valence-electron chi connectivity index (χ4n) is 3.11. The van der Waals surface area contributed by atoms with Crippen molar-refractivity contribution in [3.05, 3.63) is 22.5 Å². The number of aromatic amines is 1. The first-order chi connectivity index (χ1) is 11.8. The van der Waals surface area contributed by atoms with Crippen molar-refractivity contribution in [3.8, 4) is 0 Å². The van der Waals surface area contributed by atoms with E-state index in [1.807, 2.05) is 13.8 Å². The van der Waals surface area contributed by atoms with Gasteiger partial charge in [-0.2, -0.15) is 0 Å². The van der Waals surface area contributed by atoms with E-state index in [2.05, 4.69) is 15.0 Å². The van der Waals surface area contributed by atoms with Crippen LogP contribution in [0.2, 0.25) is 0 Å². The minimum atomic E-state index is -2.04. The highest BCUT2D eigenvalue weighted by molar-refractivity contribution is 5.69. The predicted octanol–water partition coefficient (Wildman–Crippen LogP) is 1.23. The Morgan fingerprint density at radius 3 is 2.92 bits per heavy atom. The number of fused-ring (bicyclic) bond motifs is 1. The van der Waals surface area contributed by atoms with Crippen molar-refractivity contribution in [1.29, 1.82) is 0 Å². The van der Waals surface area contributed by atoms with Gasteiger partial charge in [-0.3, -0.25) is 9.36 Å². The summed E-state index contributed by atoms with van der Waals surface area (Å²) in [6.45, 7) is 7.04. The number of H-pyrrole nitrogens is 1. The van der Waals surface area contributed by atoms with Gasteiger partial charge in [-0.25, -0.2) is 14.4 Å². The van der Waals surface area contributed by atoms with Gasteiger partial charge in [0, 0.05) is 0 Å². The number of hydrogen-bond donors (Lipinski definition) is 2. The monoisotopic (exact) mass is 354 g/mol. The number of rotatable bonds is 5. The SMILES string of the molecule is CC[C@@]1(F)[C@H](O)[C@@H](COC(C)C)O[C@H]1n1cnc2c(=O)[nH]c(C)nc21. The first-order valence-corrected chi connectivity index (χ1v) is 8.35. The summed E-state index contributed by atoms with van der Waals surface area (Å²) >= 11 is 0. The van der Waals surface area contributed by atoms with Crippen LogP contribution in [0.4, 0.5) is 4.39 Å². The second kappa shape index (κ2) is 6.47. The summed E-state index contributed by atoms with van der Waals surface area (Å²) < 4.78 is 28.2. The zero-order valence-electron chi connectivity index (χ0n) is 14.7. The average molecular weight is 354 g/mol. The number of aliphatic hydroxyl groups excluding tert-OH is 1. The summed E-state index contributed by atoms with van der Waals surface area (Å²) in [7, 11) is 0. The Balaban J connectivity index is 2.02. The maximum Gasteiger partial charge on any atom is 0.279 e. The van der Waals surface area contributed by atoms with Crippen molar-refractivity contribution in [1.82, 2.24) is 19.5 Å². The number of hydrogen-bond acceptors (Lipinski definition) is 6. The molecule has 0 spiro atoms. The van der Waals surface area contributed by atoms with Gasteiger partial charge in [0.2, 0.25) is 0 Å². The first kappa shape index (κ1) is 18.0. The Morgan fingerprint density at radius 1 is 1.56 bits per heavy atom. The normalized spacial score (nSPS) is 29.8. The lowest BCUT2D eigenvalue weighted by molar-refractivity contribution is -0.0792. The number of imidazole rings is 1. The molecular formula is C16H23FN4O4. The summed E-state index contributed by atoms with van der Waals surface area (Å²) in [6, 6.07) is 0. The number of ether oxygens (including phenoxy) is 2. The van der Waals surface area contributed by atoms with Gasteiger partial charge >= 0.3 is 0 Å². The van der Waals surface area contributed by atoms with E-state index in [9.17, 15) is 9.90 Å². The molecule has 0 aliphatic carbocycles. The Kier molecular flexibility index (Phi) is 4.65. The van der Waals surface area contributed by atoms with E-state index in [1.165, 1.54) is 10.9 Å². The lowest BCUT2D eigenvalue weighted by atomic mass is 9.93. The van der Waals surface area contributed by atoms with Gasteiger partial charge in [0.25, 0.3) is 5.56 Å². The molecule has 1 aliphatic rings. The van der Waals surface area contributed by atoms with Gasteiger partial charge in [-0.05, 0) is 27.2 Å². The molecule has 0 aromatic carbocycles. The molecule has 1 saturated heterocycles. The van der Waals surface area contributed by atoms with Crippen molar-refractivity contribution >= 4 is 11.2 Å². The number of nitrogens with one attached hydrogen (secondary N) is 1. The lowest BCUT2D eigenvalue weighted by Gasteiger charge is -2.27. The highest BCUT2D eigenvalue weighted by atomic mass is 19.1. The Labute approximate surface area is 144 Å². The van der Waals surface area contributed by atoms with Crippen LogP contribution in [-0.2, 0) is 9.47 Å². The van der Waals surface area contributed by atoms with Crippen LogP contribution in [0.25, 0.3) is 11.2 Å². The van der Waals surface area contributed by atoms with E-state index in [4.69, 9.17) is 9.47 Å². The number of nitrogens with zero attached hydrogens (tertiary/aromatic N) is 3. The molecule has 3 rings (SSSR count). The minimum Gasteiger partial charge on any atom is -0.387 e. The van der Waals surface area contributed by atoms with E-state index in [-0.39, 0.29) is 30.3 Å². The molecule has 8 nitrogen and oxygen atoms in total. The zero-order valence-corrected chi connectivity index (χ0v) is 14.7. The summed E-state index contributed by atoms with van der Waals surface area (Å²) in [5, 5.41) is 10.5. The minimum absolute atomic E-state index is 0.0266. The Morgan fingerprint density at radius 2 is 2.28 bits per heavy atom. The molecule has 25 heavy (non-hydrogen) atoms. The third-order valence-corrected chi connectivity index (χ3v) is 4.50. The predicted molar refractivity (Wildman–Crippen MR) is 88.0 cm³/mol. The molecule has 1 aliphatic heterocycles. The third kappa shape index (κ3) is 2.96. The molecule has 0 bridgehead atoms. The Hall–Kier alpha value is -1.84. The van der Waals surface area contributed by atoms with Crippen LogP contribution in [0, 0.1) is 6.92 Å². The summed E-state index contributed by atoms with van der Waals surface area (Å²) in [5.41, 5.74) is -2.12. The van der Waals surface area contributed by atoms with Gasteiger partial charge in [0.1, 0.15) is 18.0 Å². The van der Waals surface area contributed by atoms with Gasteiger partial charge in [-0.1, -0.05) is 6.92 Å². The highest BCUT2D eigenvalue weighted by Crippen LogP contribution is 2.44. The van der Waals surface area contributed by atoms with E-state index in [0.717, 1.165) is 0 Å². The molecule has 3 heterocycles. The van der Waals surface area contributed by atoms with Gasteiger partial charge in [0.15, 0.2) is 23.1 Å². The van der Waals surface area contributed by atoms with E-state index < -0.39 is 29.7 Å². The highest BCUT2D eigenvalue weighted by Gasteiger charge is 2.57. The second-order valence-corrected chi connectivity index (χ2v) is 6.61. The lowest BCUT2D eigenvalue weighted by Crippen LogP contribution is -2.43.